The number of nitriles is 1. The van der Waals surface area contributed by atoms with Gasteiger partial charge in [-0.25, -0.2) is 0 Å². The molecule has 14 heavy (non-hydrogen) atoms. The van der Waals surface area contributed by atoms with Crippen LogP contribution in [0.3, 0.4) is 0 Å². The van der Waals surface area contributed by atoms with Crippen molar-refractivity contribution in [2.75, 3.05) is 0 Å². The third-order valence-electron chi connectivity index (χ3n) is 4.74. The Bertz CT molecular complexity index is 256. The lowest BCUT2D eigenvalue weighted by Gasteiger charge is -2.57. The van der Waals surface area contributed by atoms with Crippen molar-refractivity contribution in [3.63, 3.8) is 0 Å². The first-order valence-corrected chi connectivity index (χ1v) is 7.00. The predicted octanol–water partition coefficient (Wildman–Crippen LogP) is 3.53. The lowest BCUT2D eigenvalue weighted by Crippen LogP contribution is -2.49. The fourth-order valence-corrected chi connectivity index (χ4v) is 5.39. The van der Waals surface area contributed by atoms with E-state index in [-0.39, 0.29) is 3.92 Å². The molecule has 4 aliphatic carbocycles. The van der Waals surface area contributed by atoms with E-state index in [1.165, 1.54) is 38.5 Å². The highest BCUT2D eigenvalue weighted by Crippen LogP contribution is 2.62. The van der Waals surface area contributed by atoms with E-state index < -0.39 is 0 Å². The van der Waals surface area contributed by atoms with Crippen LogP contribution in [-0.2, 0) is 0 Å². The zero-order chi connectivity index (χ0) is 9.76. The molecule has 0 N–H and O–H groups in total. The summed E-state index contributed by atoms with van der Waals surface area (Å²) in [6.45, 7) is 0. The number of halogens is 1. The van der Waals surface area contributed by atoms with Gasteiger partial charge in [0, 0.05) is 0 Å². The van der Waals surface area contributed by atoms with Crippen LogP contribution in [0.2, 0.25) is 0 Å². The van der Waals surface area contributed by atoms with Crippen molar-refractivity contribution < 1.29 is 0 Å². The van der Waals surface area contributed by atoms with E-state index >= 15 is 0 Å². The minimum Gasteiger partial charge on any atom is -0.197 e. The molecule has 0 aromatic heterocycles. The molecule has 0 spiro atoms. The van der Waals surface area contributed by atoms with Gasteiger partial charge in [-0.3, -0.25) is 0 Å². The normalized spacial score (nSPS) is 51.6. The van der Waals surface area contributed by atoms with Crippen molar-refractivity contribution in [1.29, 1.82) is 5.26 Å². The van der Waals surface area contributed by atoms with Gasteiger partial charge in [-0.2, -0.15) is 5.26 Å². The first kappa shape index (κ1) is 9.45. The second-order valence-electron chi connectivity index (χ2n) is 5.77. The van der Waals surface area contributed by atoms with Crippen molar-refractivity contribution in [1.82, 2.24) is 0 Å². The van der Waals surface area contributed by atoms with Crippen LogP contribution in [0, 0.1) is 34.5 Å². The number of hydrogen-bond donors (Lipinski definition) is 0. The monoisotopic (exact) mass is 301 g/mol. The molecule has 0 aromatic rings. The van der Waals surface area contributed by atoms with Crippen LogP contribution in [-0.4, -0.2) is 3.92 Å². The molecular weight excluding hydrogens is 285 g/mol. The maximum absolute atomic E-state index is 9.14. The van der Waals surface area contributed by atoms with Gasteiger partial charge >= 0.3 is 0 Å². The third kappa shape index (κ3) is 1.24. The minimum absolute atomic E-state index is 0.272. The molecule has 0 amide bonds. The standard InChI is InChI=1S/C12H16IN/c13-11(7-14)12-4-8-1-9(5-12)3-10(2-8)6-12/h8-11H,1-6H2/t8?,9?,10?,11-,12?/m0/s1. The summed E-state index contributed by atoms with van der Waals surface area (Å²) >= 11 is 2.39. The Morgan fingerprint density at radius 3 is 1.86 bits per heavy atom. The van der Waals surface area contributed by atoms with E-state index in [0.29, 0.717) is 5.41 Å². The average molecular weight is 301 g/mol. The molecular formula is C12H16IN. The first-order valence-electron chi connectivity index (χ1n) is 5.75. The molecule has 0 radical (unpaired) electrons. The topological polar surface area (TPSA) is 23.8 Å². The maximum Gasteiger partial charge on any atom is 0.103 e. The van der Waals surface area contributed by atoms with Crippen LogP contribution >= 0.6 is 22.6 Å². The quantitative estimate of drug-likeness (QED) is 0.537. The smallest absolute Gasteiger partial charge is 0.103 e. The second-order valence-corrected chi connectivity index (χ2v) is 7.02. The molecule has 4 aliphatic rings. The lowest BCUT2D eigenvalue weighted by molar-refractivity contribution is -0.0444. The van der Waals surface area contributed by atoms with Crippen molar-refractivity contribution in [2.45, 2.75) is 42.4 Å². The number of hydrogen-bond acceptors (Lipinski definition) is 1. The van der Waals surface area contributed by atoms with Crippen LogP contribution in [0.25, 0.3) is 0 Å². The summed E-state index contributed by atoms with van der Waals surface area (Å²) in [7, 11) is 0. The SMILES string of the molecule is N#C[C@H](I)C12CC3CC(CC(C3)C1)C2. The summed E-state index contributed by atoms with van der Waals surface area (Å²) in [5, 5.41) is 9.14. The van der Waals surface area contributed by atoms with E-state index in [9.17, 15) is 0 Å². The fraction of sp³-hybridized carbons (Fsp3) is 0.917. The highest BCUT2D eigenvalue weighted by atomic mass is 127. The van der Waals surface area contributed by atoms with E-state index in [2.05, 4.69) is 28.7 Å². The van der Waals surface area contributed by atoms with Crippen LogP contribution in [0.1, 0.15) is 38.5 Å². The van der Waals surface area contributed by atoms with Gasteiger partial charge in [0.2, 0.25) is 0 Å². The van der Waals surface area contributed by atoms with Gasteiger partial charge < -0.3 is 0 Å². The van der Waals surface area contributed by atoms with Gasteiger partial charge in [-0.05, 0) is 61.7 Å². The van der Waals surface area contributed by atoms with Crippen molar-refractivity contribution in [2.24, 2.45) is 23.2 Å². The number of rotatable bonds is 1. The Morgan fingerprint density at radius 2 is 1.50 bits per heavy atom. The Kier molecular flexibility index (Phi) is 2.09. The molecule has 1 nitrogen and oxygen atoms in total. The highest BCUT2D eigenvalue weighted by molar-refractivity contribution is 14.1. The number of nitrogens with zero attached hydrogens (tertiary/aromatic N) is 1. The molecule has 1 atom stereocenters. The summed E-state index contributed by atoms with van der Waals surface area (Å²) in [4.78, 5) is 0. The zero-order valence-electron chi connectivity index (χ0n) is 8.38. The van der Waals surface area contributed by atoms with Crippen LogP contribution in [0.15, 0.2) is 0 Å². The summed E-state index contributed by atoms with van der Waals surface area (Å²) in [5.74, 6) is 2.94. The van der Waals surface area contributed by atoms with E-state index in [0.717, 1.165) is 17.8 Å². The molecule has 0 saturated heterocycles. The summed E-state index contributed by atoms with van der Waals surface area (Å²) < 4.78 is 0.272. The molecule has 0 aromatic carbocycles. The third-order valence-corrected chi connectivity index (χ3v) is 6.34. The molecule has 76 valence electrons. The first-order chi connectivity index (χ1) is 6.72. The molecule has 0 aliphatic heterocycles. The highest BCUT2D eigenvalue weighted by Gasteiger charge is 2.53. The van der Waals surface area contributed by atoms with Crippen molar-refractivity contribution in [3.8, 4) is 6.07 Å². The Hall–Kier alpha value is 0.220. The maximum atomic E-state index is 9.14. The van der Waals surface area contributed by atoms with Gasteiger partial charge in [0.05, 0.1) is 6.07 Å². The van der Waals surface area contributed by atoms with E-state index in [4.69, 9.17) is 5.26 Å². The van der Waals surface area contributed by atoms with E-state index in [1.807, 2.05) is 0 Å². The van der Waals surface area contributed by atoms with Crippen molar-refractivity contribution in [3.05, 3.63) is 0 Å². The van der Waals surface area contributed by atoms with Gasteiger partial charge in [-0.1, -0.05) is 22.6 Å². The largest absolute Gasteiger partial charge is 0.197 e. The Labute approximate surface area is 99.4 Å². The molecule has 2 heteroatoms. The molecule has 4 saturated carbocycles. The zero-order valence-corrected chi connectivity index (χ0v) is 10.5. The van der Waals surface area contributed by atoms with Gasteiger partial charge in [-0.15, -0.1) is 0 Å². The van der Waals surface area contributed by atoms with Crippen LogP contribution in [0.4, 0.5) is 0 Å². The van der Waals surface area contributed by atoms with Crippen LogP contribution in [0.5, 0.6) is 0 Å². The van der Waals surface area contributed by atoms with Crippen LogP contribution < -0.4 is 0 Å². The Balaban J connectivity index is 1.91. The second kappa shape index (κ2) is 3.10. The van der Waals surface area contributed by atoms with Gasteiger partial charge in [0.1, 0.15) is 3.92 Å². The molecule has 4 bridgehead atoms. The lowest BCUT2D eigenvalue weighted by atomic mass is 9.49. The minimum atomic E-state index is 0.272. The van der Waals surface area contributed by atoms with Gasteiger partial charge in [0.15, 0.2) is 0 Å². The Morgan fingerprint density at radius 1 is 1.07 bits per heavy atom. The molecule has 0 unspecified atom stereocenters. The average Bonchev–Trinajstić information content (AvgIpc) is 2.14. The molecule has 4 rings (SSSR count). The summed E-state index contributed by atoms with van der Waals surface area (Å²) in [6, 6.07) is 2.51. The van der Waals surface area contributed by atoms with E-state index in [1.54, 1.807) is 0 Å². The summed E-state index contributed by atoms with van der Waals surface area (Å²) in [6.07, 6.45) is 8.52. The summed E-state index contributed by atoms with van der Waals surface area (Å²) in [5.41, 5.74) is 0.435. The molecule has 0 heterocycles. The van der Waals surface area contributed by atoms with Gasteiger partial charge in [0.25, 0.3) is 0 Å². The predicted molar refractivity (Wildman–Crippen MR) is 64.0 cm³/mol. The molecule has 4 fully saturated rings. The van der Waals surface area contributed by atoms with Crippen molar-refractivity contribution >= 4 is 22.6 Å². The number of alkyl halides is 1. The fourth-order valence-electron chi connectivity index (χ4n) is 4.62.